The fraction of sp³-hybridized carbons (Fsp3) is 0.208. The standard InChI is InChI=1S/C24H23NO3/c1-17-8-4-5-13-22(17)23-25-16-24(28-23,18-9-6-11-20(14-18)26-2)19-10-7-12-21(15-19)27-3/h4-15H,16H2,1-3H3. The van der Waals surface area contributed by atoms with Gasteiger partial charge in [-0.1, -0.05) is 42.5 Å². The third-order valence-corrected chi connectivity index (χ3v) is 5.16. The molecule has 4 heteroatoms. The Morgan fingerprint density at radius 1 is 0.821 bits per heavy atom. The van der Waals surface area contributed by atoms with Crippen molar-refractivity contribution in [1.82, 2.24) is 0 Å². The van der Waals surface area contributed by atoms with Gasteiger partial charge in [-0.15, -0.1) is 0 Å². The van der Waals surface area contributed by atoms with Crippen molar-refractivity contribution < 1.29 is 14.2 Å². The highest BCUT2D eigenvalue weighted by Crippen LogP contribution is 2.41. The maximum atomic E-state index is 6.63. The van der Waals surface area contributed by atoms with E-state index in [-0.39, 0.29) is 0 Å². The molecule has 0 amide bonds. The van der Waals surface area contributed by atoms with Crippen molar-refractivity contribution in [1.29, 1.82) is 0 Å². The summed E-state index contributed by atoms with van der Waals surface area (Å²) < 4.78 is 17.5. The highest BCUT2D eigenvalue weighted by atomic mass is 16.5. The second-order valence-corrected chi connectivity index (χ2v) is 6.83. The summed E-state index contributed by atoms with van der Waals surface area (Å²) in [6.45, 7) is 2.55. The second-order valence-electron chi connectivity index (χ2n) is 6.83. The first-order valence-corrected chi connectivity index (χ1v) is 9.25. The van der Waals surface area contributed by atoms with Gasteiger partial charge in [0.05, 0.1) is 20.8 Å². The van der Waals surface area contributed by atoms with Gasteiger partial charge in [0.25, 0.3) is 0 Å². The van der Waals surface area contributed by atoms with E-state index >= 15 is 0 Å². The molecule has 1 aliphatic rings. The van der Waals surface area contributed by atoms with Crippen LogP contribution >= 0.6 is 0 Å². The fourth-order valence-corrected chi connectivity index (χ4v) is 3.58. The molecule has 4 rings (SSSR count). The van der Waals surface area contributed by atoms with Gasteiger partial charge in [0.2, 0.25) is 5.90 Å². The van der Waals surface area contributed by atoms with Crippen LogP contribution in [-0.2, 0) is 10.3 Å². The zero-order valence-electron chi connectivity index (χ0n) is 16.3. The van der Waals surface area contributed by atoms with Crippen LogP contribution in [0.3, 0.4) is 0 Å². The van der Waals surface area contributed by atoms with Crippen LogP contribution < -0.4 is 9.47 Å². The van der Waals surface area contributed by atoms with Crippen molar-refractivity contribution in [2.24, 2.45) is 4.99 Å². The van der Waals surface area contributed by atoms with Gasteiger partial charge in [0.1, 0.15) is 11.5 Å². The van der Waals surface area contributed by atoms with Crippen LogP contribution in [0.1, 0.15) is 22.3 Å². The predicted octanol–water partition coefficient (Wildman–Crippen LogP) is 4.73. The molecular weight excluding hydrogens is 350 g/mol. The molecule has 142 valence electrons. The normalized spacial score (nSPS) is 14.9. The van der Waals surface area contributed by atoms with Crippen molar-refractivity contribution in [2.75, 3.05) is 20.8 Å². The van der Waals surface area contributed by atoms with Crippen LogP contribution in [0.25, 0.3) is 0 Å². The van der Waals surface area contributed by atoms with Gasteiger partial charge >= 0.3 is 0 Å². The van der Waals surface area contributed by atoms with Crippen LogP contribution in [0.2, 0.25) is 0 Å². The average Bonchev–Trinajstić information content (AvgIpc) is 3.20. The third-order valence-electron chi connectivity index (χ3n) is 5.16. The Labute approximate surface area is 165 Å². The number of methoxy groups -OCH3 is 2. The molecule has 0 unspecified atom stereocenters. The smallest absolute Gasteiger partial charge is 0.217 e. The van der Waals surface area contributed by atoms with Gasteiger partial charge in [-0.3, -0.25) is 0 Å². The number of aliphatic imine (C=N–C) groups is 1. The Morgan fingerprint density at radius 2 is 1.43 bits per heavy atom. The van der Waals surface area contributed by atoms with E-state index in [1.807, 2.05) is 54.6 Å². The minimum atomic E-state index is -0.735. The highest BCUT2D eigenvalue weighted by molar-refractivity contribution is 5.97. The van der Waals surface area contributed by atoms with E-state index in [0.717, 1.165) is 33.8 Å². The van der Waals surface area contributed by atoms with Gasteiger partial charge < -0.3 is 14.2 Å². The summed E-state index contributed by atoms with van der Waals surface area (Å²) in [6.07, 6.45) is 0. The number of benzene rings is 3. The van der Waals surface area contributed by atoms with E-state index in [1.165, 1.54) is 0 Å². The van der Waals surface area contributed by atoms with Crippen molar-refractivity contribution in [3.05, 3.63) is 95.1 Å². The molecule has 0 atom stereocenters. The van der Waals surface area contributed by atoms with Crippen molar-refractivity contribution in [2.45, 2.75) is 12.5 Å². The van der Waals surface area contributed by atoms with E-state index in [2.05, 4.69) is 25.1 Å². The number of hydrogen-bond donors (Lipinski definition) is 0. The lowest BCUT2D eigenvalue weighted by Crippen LogP contribution is -2.32. The van der Waals surface area contributed by atoms with Gasteiger partial charge in [0, 0.05) is 16.7 Å². The summed E-state index contributed by atoms with van der Waals surface area (Å²) in [6, 6.07) is 24.1. The molecule has 28 heavy (non-hydrogen) atoms. The van der Waals surface area contributed by atoms with Gasteiger partial charge in [-0.25, -0.2) is 4.99 Å². The maximum Gasteiger partial charge on any atom is 0.217 e. The van der Waals surface area contributed by atoms with Gasteiger partial charge in [-0.05, 0) is 42.8 Å². The van der Waals surface area contributed by atoms with E-state index < -0.39 is 5.60 Å². The van der Waals surface area contributed by atoms with Crippen LogP contribution in [-0.4, -0.2) is 26.7 Å². The molecule has 0 radical (unpaired) electrons. The summed E-state index contributed by atoms with van der Waals surface area (Å²) in [5, 5.41) is 0. The van der Waals surface area contributed by atoms with Gasteiger partial charge in [0.15, 0.2) is 5.60 Å². The number of ether oxygens (including phenoxy) is 3. The van der Waals surface area contributed by atoms with Crippen LogP contribution in [0.4, 0.5) is 0 Å². The summed E-state index contributed by atoms with van der Waals surface area (Å²) in [5.74, 6) is 2.23. The van der Waals surface area contributed by atoms with Crippen LogP contribution in [0.15, 0.2) is 77.8 Å². The maximum absolute atomic E-state index is 6.63. The number of rotatable bonds is 5. The average molecular weight is 373 g/mol. The van der Waals surface area contributed by atoms with Crippen molar-refractivity contribution >= 4 is 5.90 Å². The molecule has 0 N–H and O–H groups in total. The Kier molecular flexibility index (Phi) is 4.78. The Hall–Kier alpha value is -3.27. The summed E-state index contributed by atoms with van der Waals surface area (Å²) in [7, 11) is 3.34. The topological polar surface area (TPSA) is 40.0 Å². The van der Waals surface area contributed by atoms with E-state index in [1.54, 1.807) is 14.2 Å². The second kappa shape index (κ2) is 7.39. The fourth-order valence-electron chi connectivity index (χ4n) is 3.58. The molecule has 1 aliphatic heterocycles. The number of hydrogen-bond acceptors (Lipinski definition) is 4. The summed E-state index contributed by atoms with van der Waals surface area (Å²) in [5.41, 5.74) is 3.39. The molecule has 0 fully saturated rings. The lowest BCUT2D eigenvalue weighted by atomic mass is 9.86. The van der Waals surface area contributed by atoms with E-state index in [4.69, 9.17) is 19.2 Å². The molecule has 0 saturated heterocycles. The van der Waals surface area contributed by atoms with Gasteiger partial charge in [-0.2, -0.15) is 0 Å². The minimum Gasteiger partial charge on any atom is -0.497 e. The van der Waals surface area contributed by atoms with Crippen LogP contribution in [0.5, 0.6) is 11.5 Å². The summed E-state index contributed by atoms with van der Waals surface area (Å²) in [4.78, 5) is 4.80. The molecule has 4 nitrogen and oxygen atoms in total. The first-order valence-electron chi connectivity index (χ1n) is 9.25. The molecule has 0 spiro atoms. The van der Waals surface area contributed by atoms with Crippen molar-refractivity contribution in [3.8, 4) is 11.5 Å². The molecule has 0 saturated carbocycles. The number of nitrogens with zero attached hydrogens (tertiary/aromatic N) is 1. The molecule has 1 heterocycles. The minimum absolute atomic E-state index is 0.483. The van der Waals surface area contributed by atoms with Crippen LogP contribution in [0, 0.1) is 6.92 Å². The first-order chi connectivity index (χ1) is 13.7. The van der Waals surface area contributed by atoms with E-state index in [9.17, 15) is 0 Å². The number of aryl methyl sites for hydroxylation is 1. The molecule has 0 aromatic heterocycles. The first kappa shape index (κ1) is 18.1. The zero-order valence-corrected chi connectivity index (χ0v) is 16.3. The third kappa shape index (κ3) is 3.11. The molecule has 0 bridgehead atoms. The quantitative estimate of drug-likeness (QED) is 0.649. The molecule has 0 aliphatic carbocycles. The Balaban J connectivity index is 1.83. The molecule has 3 aromatic carbocycles. The largest absolute Gasteiger partial charge is 0.497 e. The lowest BCUT2D eigenvalue weighted by molar-refractivity contribution is 0.132. The Morgan fingerprint density at radius 3 is 2.00 bits per heavy atom. The Bertz CT molecular complexity index is 978. The molecule has 3 aromatic rings. The predicted molar refractivity (Wildman–Crippen MR) is 110 cm³/mol. The zero-order chi connectivity index (χ0) is 19.6. The highest BCUT2D eigenvalue weighted by Gasteiger charge is 2.42. The van der Waals surface area contributed by atoms with E-state index in [0.29, 0.717) is 12.4 Å². The summed E-state index contributed by atoms with van der Waals surface area (Å²) >= 11 is 0. The molecular formula is C24H23NO3. The SMILES string of the molecule is COc1cccc(C2(c3cccc(OC)c3)CN=C(c3ccccc3C)O2)c1. The van der Waals surface area contributed by atoms with Crippen molar-refractivity contribution in [3.63, 3.8) is 0 Å². The monoisotopic (exact) mass is 373 g/mol. The lowest BCUT2D eigenvalue weighted by Gasteiger charge is -2.30.